The Labute approximate surface area is 174 Å². The lowest BCUT2D eigenvalue weighted by Crippen LogP contribution is -2.33. The van der Waals surface area contributed by atoms with E-state index in [4.69, 9.17) is 9.47 Å². The second-order valence-electron chi connectivity index (χ2n) is 7.49. The third-order valence-corrected chi connectivity index (χ3v) is 5.86. The maximum Gasteiger partial charge on any atom is 0.226 e. The van der Waals surface area contributed by atoms with Crippen LogP contribution in [0.2, 0.25) is 0 Å². The van der Waals surface area contributed by atoms with Crippen LogP contribution in [0, 0.1) is 0 Å². The van der Waals surface area contributed by atoms with Gasteiger partial charge in [0.25, 0.3) is 0 Å². The van der Waals surface area contributed by atoms with Crippen molar-refractivity contribution >= 4 is 11.7 Å². The van der Waals surface area contributed by atoms with Crippen LogP contribution in [0.4, 0.5) is 5.95 Å². The van der Waals surface area contributed by atoms with Crippen LogP contribution in [-0.4, -0.2) is 34.8 Å². The lowest BCUT2D eigenvalue weighted by Gasteiger charge is -2.35. The zero-order chi connectivity index (χ0) is 20.7. The molecular formula is C23H22N4O3. The number of ketones is 1. The highest BCUT2D eigenvalue weighted by atomic mass is 16.5. The van der Waals surface area contributed by atoms with Crippen LogP contribution in [0.3, 0.4) is 0 Å². The van der Waals surface area contributed by atoms with Gasteiger partial charge in [0.1, 0.15) is 23.9 Å². The summed E-state index contributed by atoms with van der Waals surface area (Å²) < 4.78 is 12.8. The largest absolute Gasteiger partial charge is 0.497 e. The second-order valence-corrected chi connectivity index (χ2v) is 7.49. The number of allylic oxidation sites excluding steroid dienone is 2. The summed E-state index contributed by atoms with van der Waals surface area (Å²) in [5, 5.41) is 7.76. The summed E-state index contributed by atoms with van der Waals surface area (Å²) >= 11 is 0. The number of ether oxygens (including phenoxy) is 2. The fourth-order valence-corrected chi connectivity index (χ4v) is 4.45. The Kier molecular flexibility index (Phi) is 4.50. The van der Waals surface area contributed by atoms with Crippen LogP contribution in [0.25, 0.3) is 0 Å². The number of fused-ring (bicyclic) bond motifs is 1. The summed E-state index contributed by atoms with van der Waals surface area (Å²) in [6, 6.07) is 15.4. The van der Waals surface area contributed by atoms with Crippen molar-refractivity contribution in [1.29, 1.82) is 0 Å². The van der Waals surface area contributed by atoms with Gasteiger partial charge in [-0.1, -0.05) is 30.3 Å². The van der Waals surface area contributed by atoms with Crippen LogP contribution in [0.15, 0.2) is 66.1 Å². The minimum Gasteiger partial charge on any atom is -0.497 e. The number of carbonyl (C=O) groups is 1. The smallest absolute Gasteiger partial charge is 0.226 e. The molecule has 152 valence electrons. The van der Waals surface area contributed by atoms with Crippen molar-refractivity contribution in [3.8, 4) is 11.5 Å². The van der Waals surface area contributed by atoms with Gasteiger partial charge >= 0.3 is 0 Å². The molecule has 1 aromatic heterocycles. The van der Waals surface area contributed by atoms with Crippen molar-refractivity contribution in [2.24, 2.45) is 0 Å². The predicted octanol–water partition coefficient (Wildman–Crippen LogP) is 3.71. The molecule has 0 saturated carbocycles. The molecule has 0 radical (unpaired) electrons. The zero-order valence-corrected chi connectivity index (χ0v) is 16.8. The molecule has 2 heterocycles. The van der Waals surface area contributed by atoms with E-state index in [0.29, 0.717) is 29.4 Å². The molecule has 0 spiro atoms. The average molecular weight is 402 g/mol. The molecule has 1 aliphatic heterocycles. The first-order valence-electron chi connectivity index (χ1n) is 9.89. The number of rotatable bonds is 4. The minimum absolute atomic E-state index is 0.105. The number of anilines is 1. The first-order chi connectivity index (χ1) is 14.7. The highest BCUT2D eigenvalue weighted by Gasteiger charge is 2.40. The van der Waals surface area contributed by atoms with E-state index in [1.54, 1.807) is 18.9 Å². The first kappa shape index (κ1) is 18.4. The first-order valence-corrected chi connectivity index (χ1v) is 9.89. The summed E-state index contributed by atoms with van der Waals surface area (Å²) in [5.74, 6) is 2.22. The Morgan fingerprint density at radius 2 is 1.90 bits per heavy atom. The number of Topliss-reactive ketones (excluding diaryl/α,β-unsaturated/α-hetero) is 1. The highest BCUT2D eigenvalue weighted by Crippen LogP contribution is 2.46. The standard InChI is InChI=1S/C23H22N4O3/c1-29-16-8-9-20(30-2)17(12-16)22-21-18(26-23-24-13-25-27(22)23)10-15(11-19(21)28)14-6-4-3-5-7-14/h3-9,12-13,15,22H,10-11H2,1-2H3,(H,24,25,26)/t15-,22+/m1/s1. The van der Waals surface area contributed by atoms with Gasteiger partial charge in [0, 0.05) is 23.3 Å². The molecule has 0 bridgehead atoms. The van der Waals surface area contributed by atoms with Gasteiger partial charge in [-0.2, -0.15) is 10.1 Å². The van der Waals surface area contributed by atoms with Crippen LogP contribution in [0.1, 0.15) is 35.9 Å². The predicted molar refractivity (Wildman–Crippen MR) is 112 cm³/mol. The topological polar surface area (TPSA) is 78.3 Å². The van der Waals surface area contributed by atoms with E-state index in [1.807, 2.05) is 36.4 Å². The molecule has 1 aliphatic carbocycles. The normalized spacial score (nSPS) is 20.3. The number of hydrogen-bond donors (Lipinski definition) is 1. The number of hydrogen-bond acceptors (Lipinski definition) is 6. The summed E-state index contributed by atoms with van der Waals surface area (Å²) in [5.41, 5.74) is 3.60. The Balaban J connectivity index is 1.65. The van der Waals surface area contributed by atoms with Crippen molar-refractivity contribution in [3.05, 3.63) is 77.3 Å². The lowest BCUT2D eigenvalue weighted by atomic mass is 9.78. The molecule has 30 heavy (non-hydrogen) atoms. The van der Waals surface area contributed by atoms with Crippen molar-refractivity contribution in [1.82, 2.24) is 14.8 Å². The molecule has 2 atom stereocenters. The molecule has 0 fully saturated rings. The average Bonchev–Trinajstić information content (AvgIpc) is 3.26. The minimum atomic E-state index is -0.423. The quantitative estimate of drug-likeness (QED) is 0.717. The van der Waals surface area contributed by atoms with Crippen molar-refractivity contribution in [2.75, 3.05) is 19.5 Å². The highest BCUT2D eigenvalue weighted by molar-refractivity contribution is 6.00. The molecule has 2 aliphatic rings. The summed E-state index contributed by atoms with van der Waals surface area (Å²) in [6.45, 7) is 0. The fourth-order valence-electron chi connectivity index (χ4n) is 4.45. The molecule has 1 N–H and O–H groups in total. The zero-order valence-electron chi connectivity index (χ0n) is 16.8. The van der Waals surface area contributed by atoms with Gasteiger partial charge in [0.05, 0.1) is 14.2 Å². The van der Waals surface area contributed by atoms with Crippen LogP contribution < -0.4 is 14.8 Å². The summed E-state index contributed by atoms with van der Waals surface area (Å²) in [4.78, 5) is 17.8. The van der Waals surface area contributed by atoms with Gasteiger partial charge in [-0.3, -0.25) is 4.79 Å². The maximum atomic E-state index is 13.5. The Bertz CT molecular complexity index is 1140. The number of nitrogens with one attached hydrogen (secondary N) is 1. The second kappa shape index (κ2) is 7.33. The van der Waals surface area contributed by atoms with E-state index >= 15 is 0 Å². The molecule has 2 aromatic carbocycles. The van der Waals surface area contributed by atoms with Crippen LogP contribution in [0.5, 0.6) is 11.5 Å². The van der Waals surface area contributed by atoms with Gasteiger partial charge in [-0.15, -0.1) is 0 Å². The molecule has 5 rings (SSSR count). The SMILES string of the molecule is COc1ccc(OC)c([C@H]2C3=C(C[C@@H](c4ccccc4)CC3=O)Nc3ncnn32)c1. The molecule has 3 aromatic rings. The molecule has 0 saturated heterocycles. The molecular weight excluding hydrogens is 380 g/mol. The van der Waals surface area contributed by atoms with Gasteiger partial charge in [-0.05, 0) is 36.1 Å². The van der Waals surface area contributed by atoms with E-state index in [2.05, 4.69) is 27.5 Å². The molecule has 7 heteroatoms. The molecule has 0 unspecified atom stereocenters. The van der Waals surface area contributed by atoms with E-state index in [1.165, 1.54) is 11.9 Å². The van der Waals surface area contributed by atoms with Crippen molar-refractivity contribution in [3.63, 3.8) is 0 Å². The molecule has 0 amide bonds. The monoisotopic (exact) mass is 402 g/mol. The van der Waals surface area contributed by atoms with Crippen molar-refractivity contribution < 1.29 is 14.3 Å². The van der Waals surface area contributed by atoms with E-state index in [-0.39, 0.29) is 11.7 Å². The van der Waals surface area contributed by atoms with Crippen molar-refractivity contribution in [2.45, 2.75) is 24.8 Å². The van der Waals surface area contributed by atoms with Crippen LogP contribution >= 0.6 is 0 Å². The van der Waals surface area contributed by atoms with Gasteiger partial charge in [0.15, 0.2) is 5.78 Å². The number of aromatic nitrogens is 3. The number of benzene rings is 2. The summed E-state index contributed by atoms with van der Waals surface area (Å²) in [7, 11) is 3.24. The van der Waals surface area contributed by atoms with E-state index in [9.17, 15) is 4.79 Å². The number of nitrogens with zero attached hydrogens (tertiary/aromatic N) is 3. The Morgan fingerprint density at radius 1 is 1.07 bits per heavy atom. The Morgan fingerprint density at radius 3 is 2.67 bits per heavy atom. The van der Waals surface area contributed by atoms with Gasteiger partial charge in [-0.25, -0.2) is 4.68 Å². The third kappa shape index (κ3) is 2.94. The van der Waals surface area contributed by atoms with Gasteiger partial charge in [0.2, 0.25) is 5.95 Å². The molecule has 7 nitrogen and oxygen atoms in total. The Hall–Kier alpha value is -3.61. The van der Waals surface area contributed by atoms with Crippen LogP contribution in [-0.2, 0) is 4.79 Å². The van der Waals surface area contributed by atoms with E-state index in [0.717, 1.165) is 17.7 Å². The van der Waals surface area contributed by atoms with Gasteiger partial charge < -0.3 is 14.8 Å². The maximum absolute atomic E-state index is 13.5. The lowest BCUT2D eigenvalue weighted by molar-refractivity contribution is -0.116. The third-order valence-electron chi connectivity index (χ3n) is 5.86. The number of carbonyl (C=O) groups excluding carboxylic acids is 1. The van der Waals surface area contributed by atoms with E-state index < -0.39 is 6.04 Å². The summed E-state index contributed by atoms with van der Waals surface area (Å²) in [6.07, 6.45) is 2.69. The fraction of sp³-hybridized carbons (Fsp3) is 0.261. The number of methoxy groups -OCH3 is 2.